The summed E-state index contributed by atoms with van der Waals surface area (Å²) in [4.78, 5) is 12.5. The second kappa shape index (κ2) is 9.67. The van der Waals surface area contributed by atoms with Crippen molar-refractivity contribution in [3.8, 4) is 0 Å². The number of hydrogen-bond acceptors (Lipinski definition) is 4. The maximum atomic E-state index is 12.5. The fourth-order valence-corrected chi connectivity index (χ4v) is 9.86. The number of carbonyl (C=O) groups excluding carboxylic acids is 1. The van der Waals surface area contributed by atoms with Crippen LogP contribution in [0.25, 0.3) is 0 Å². The summed E-state index contributed by atoms with van der Waals surface area (Å²) in [5.41, 5.74) is 0.572. The number of amides is 1. The van der Waals surface area contributed by atoms with Crippen LogP contribution in [0.5, 0.6) is 0 Å². The van der Waals surface area contributed by atoms with Crippen LogP contribution in [0.1, 0.15) is 97.8 Å². The van der Waals surface area contributed by atoms with Crippen molar-refractivity contribution >= 4 is 5.91 Å². The Morgan fingerprint density at radius 3 is 2.56 bits per heavy atom. The van der Waals surface area contributed by atoms with E-state index in [1.54, 1.807) is 0 Å². The summed E-state index contributed by atoms with van der Waals surface area (Å²) in [6, 6.07) is 0. The molecule has 5 heteroatoms. The van der Waals surface area contributed by atoms with E-state index >= 15 is 0 Å². The van der Waals surface area contributed by atoms with Crippen molar-refractivity contribution in [2.45, 2.75) is 116 Å². The van der Waals surface area contributed by atoms with Crippen LogP contribution in [0, 0.1) is 46.3 Å². The molecule has 1 saturated heterocycles. The molecule has 5 nitrogen and oxygen atoms in total. The second-order valence-electron chi connectivity index (χ2n) is 13.4. The Balaban J connectivity index is 1.21. The standard InChI is InChI=1S/C29H49NO4/c1-18(6-9-26(33)30-17-21-5-4-14-34-21)22-7-8-23-27-24(11-13-29(22,23)3)28(2)12-10-20(31)15-19(28)16-25(27)32/h18-25,27,31-32H,4-17H2,1-3H3,(H,30,33)/t18-,19+,20-,21-,22-,23+,24+,25+,27+,28+,29-/m1/s1. The van der Waals surface area contributed by atoms with Crippen molar-refractivity contribution in [2.75, 3.05) is 13.2 Å². The zero-order valence-electron chi connectivity index (χ0n) is 21.8. The third-order valence-corrected chi connectivity index (χ3v) is 11.8. The van der Waals surface area contributed by atoms with Crippen molar-refractivity contribution < 1.29 is 19.7 Å². The van der Waals surface area contributed by atoms with Gasteiger partial charge >= 0.3 is 0 Å². The summed E-state index contributed by atoms with van der Waals surface area (Å²) in [6.07, 6.45) is 12.4. The molecule has 5 fully saturated rings. The number of aliphatic hydroxyl groups is 2. The van der Waals surface area contributed by atoms with Crippen LogP contribution in [0.2, 0.25) is 0 Å². The first kappa shape index (κ1) is 25.0. The molecule has 34 heavy (non-hydrogen) atoms. The van der Waals surface area contributed by atoms with E-state index < -0.39 is 0 Å². The molecular weight excluding hydrogens is 426 g/mol. The normalized spacial score (nSPS) is 49.1. The summed E-state index contributed by atoms with van der Waals surface area (Å²) in [5.74, 6) is 3.45. The van der Waals surface area contributed by atoms with E-state index in [1.807, 2.05) is 0 Å². The van der Waals surface area contributed by atoms with Gasteiger partial charge in [0.25, 0.3) is 0 Å². The monoisotopic (exact) mass is 475 g/mol. The molecule has 11 atom stereocenters. The first-order valence-electron chi connectivity index (χ1n) is 14.5. The van der Waals surface area contributed by atoms with Gasteiger partial charge in [-0.2, -0.15) is 0 Å². The fraction of sp³-hybridized carbons (Fsp3) is 0.966. The van der Waals surface area contributed by atoms with E-state index in [0.29, 0.717) is 48.5 Å². The van der Waals surface area contributed by atoms with Crippen LogP contribution in [-0.4, -0.2) is 47.6 Å². The zero-order chi connectivity index (χ0) is 24.1. The van der Waals surface area contributed by atoms with Gasteiger partial charge in [0.15, 0.2) is 0 Å². The lowest BCUT2D eigenvalue weighted by molar-refractivity contribution is -0.174. The van der Waals surface area contributed by atoms with Gasteiger partial charge in [-0.05, 0) is 117 Å². The Bertz CT molecular complexity index is 738. The highest BCUT2D eigenvalue weighted by Crippen LogP contribution is 2.68. The van der Waals surface area contributed by atoms with Crippen molar-refractivity contribution in [1.82, 2.24) is 5.32 Å². The molecule has 5 rings (SSSR count). The van der Waals surface area contributed by atoms with E-state index in [0.717, 1.165) is 51.6 Å². The van der Waals surface area contributed by atoms with Crippen molar-refractivity contribution in [3.63, 3.8) is 0 Å². The van der Waals surface area contributed by atoms with Gasteiger partial charge in [-0.15, -0.1) is 0 Å². The SMILES string of the molecule is C[C@H](CCC(=O)NC[C@H]1CCCO1)[C@H]1CC[C@H]2[C@@H]3[C@@H](O)C[C@@H]4C[C@H](O)CC[C@]4(C)[C@H]3CC[C@]12C. The Hall–Kier alpha value is -0.650. The Kier molecular flexibility index (Phi) is 7.11. The van der Waals surface area contributed by atoms with E-state index in [-0.39, 0.29) is 35.0 Å². The Labute approximate surface area is 206 Å². The summed E-state index contributed by atoms with van der Waals surface area (Å²) in [6.45, 7) is 8.87. The molecule has 0 spiro atoms. The van der Waals surface area contributed by atoms with Crippen LogP contribution >= 0.6 is 0 Å². The minimum Gasteiger partial charge on any atom is -0.393 e. The fourth-order valence-electron chi connectivity index (χ4n) is 9.86. The van der Waals surface area contributed by atoms with Crippen LogP contribution < -0.4 is 5.32 Å². The van der Waals surface area contributed by atoms with Gasteiger partial charge in [0, 0.05) is 19.6 Å². The summed E-state index contributed by atoms with van der Waals surface area (Å²) < 4.78 is 5.63. The van der Waals surface area contributed by atoms with Gasteiger partial charge in [-0.25, -0.2) is 0 Å². The number of hydrogen-bond donors (Lipinski definition) is 3. The van der Waals surface area contributed by atoms with Crippen molar-refractivity contribution in [2.24, 2.45) is 46.3 Å². The van der Waals surface area contributed by atoms with Gasteiger partial charge in [-0.3, -0.25) is 4.79 Å². The number of ether oxygens (including phenoxy) is 1. The minimum atomic E-state index is -0.212. The van der Waals surface area contributed by atoms with Crippen molar-refractivity contribution in [1.29, 1.82) is 0 Å². The van der Waals surface area contributed by atoms with Crippen LogP contribution in [0.4, 0.5) is 0 Å². The van der Waals surface area contributed by atoms with Gasteiger partial charge in [0.2, 0.25) is 5.91 Å². The molecule has 0 radical (unpaired) electrons. The van der Waals surface area contributed by atoms with E-state index in [2.05, 4.69) is 26.1 Å². The number of aliphatic hydroxyl groups excluding tert-OH is 2. The summed E-state index contributed by atoms with van der Waals surface area (Å²) in [5, 5.41) is 24.8. The topological polar surface area (TPSA) is 78.8 Å². The molecule has 1 amide bonds. The number of nitrogens with one attached hydrogen (secondary N) is 1. The molecule has 1 heterocycles. The smallest absolute Gasteiger partial charge is 0.220 e. The number of rotatable bonds is 6. The molecule has 5 aliphatic rings. The molecule has 3 N–H and O–H groups in total. The third-order valence-electron chi connectivity index (χ3n) is 11.8. The summed E-state index contributed by atoms with van der Waals surface area (Å²) in [7, 11) is 0. The highest BCUT2D eigenvalue weighted by molar-refractivity contribution is 5.75. The average Bonchev–Trinajstić information content (AvgIpc) is 3.44. The Morgan fingerprint density at radius 2 is 1.79 bits per heavy atom. The number of carbonyl (C=O) groups is 1. The summed E-state index contributed by atoms with van der Waals surface area (Å²) >= 11 is 0. The van der Waals surface area contributed by atoms with Gasteiger partial charge in [0.05, 0.1) is 18.3 Å². The molecule has 0 bridgehead atoms. The minimum absolute atomic E-state index is 0.171. The molecule has 4 aliphatic carbocycles. The Morgan fingerprint density at radius 1 is 1.03 bits per heavy atom. The lowest BCUT2D eigenvalue weighted by Gasteiger charge is -2.62. The van der Waals surface area contributed by atoms with Gasteiger partial charge in [0.1, 0.15) is 0 Å². The molecule has 1 aliphatic heterocycles. The maximum absolute atomic E-state index is 12.5. The molecule has 194 valence electrons. The van der Waals surface area contributed by atoms with Gasteiger partial charge < -0.3 is 20.3 Å². The molecule has 0 aromatic rings. The van der Waals surface area contributed by atoms with E-state index in [9.17, 15) is 15.0 Å². The first-order chi connectivity index (χ1) is 16.2. The molecule has 4 saturated carbocycles. The lowest BCUT2D eigenvalue weighted by atomic mass is 9.43. The molecule has 0 aromatic heterocycles. The maximum Gasteiger partial charge on any atom is 0.220 e. The highest BCUT2D eigenvalue weighted by atomic mass is 16.5. The second-order valence-corrected chi connectivity index (χ2v) is 13.4. The lowest BCUT2D eigenvalue weighted by Crippen LogP contribution is -2.58. The predicted molar refractivity (Wildman–Crippen MR) is 133 cm³/mol. The zero-order valence-corrected chi connectivity index (χ0v) is 21.8. The van der Waals surface area contributed by atoms with E-state index in [4.69, 9.17) is 4.74 Å². The predicted octanol–water partition coefficient (Wildman–Crippen LogP) is 4.69. The average molecular weight is 476 g/mol. The number of fused-ring (bicyclic) bond motifs is 5. The highest BCUT2D eigenvalue weighted by Gasteiger charge is 2.62. The quantitative estimate of drug-likeness (QED) is 0.521. The third kappa shape index (κ3) is 4.36. The van der Waals surface area contributed by atoms with Gasteiger partial charge in [-0.1, -0.05) is 20.8 Å². The van der Waals surface area contributed by atoms with Crippen LogP contribution in [0.15, 0.2) is 0 Å². The first-order valence-corrected chi connectivity index (χ1v) is 14.5. The largest absolute Gasteiger partial charge is 0.393 e. The molecular formula is C29H49NO4. The molecule has 0 aromatic carbocycles. The molecule has 0 unspecified atom stereocenters. The van der Waals surface area contributed by atoms with E-state index in [1.165, 1.54) is 25.7 Å². The van der Waals surface area contributed by atoms with Crippen LogP contribution in [-0.2, 0) is 9.53 Å². The van der Waals surface area contributed by atoms with Crippen LogP contribution in [0.3, 0.4) is 0 Å². The van der Waals surface area contributed by atoms with Crippen molar-refractivity contribution in [3.05, 3.63) is 0 Å².